The molecule has 0 fully saturated rings. The third-order valence-electron chi connectivity index (χ3n) is 2.66. The SMILES string of the molecule is CC(C)OCCN(C)Cc1ccc(C(=O)O)cc1Br. The molecule has 0 aliphatic carbocycles. The topological polar surface area (TPSA) is 49.8 Å². The van der Waals surface area contributed by atoms with Crippen LogP contribution in [0.15, 0.2) is 22.7 Å². The van der Waals surface area contributed by atoms with Crippen molar-refractivity contribution >= 4 is 21.9 Å². The number of hydrogen-bond acceptors (Lipinski definition) is 3. The van der Waals surface area contributed by atoms with E-state index >= 15 is 0 Å². The van der Waals surface area contributed by atoms with Crippen LogP contribution in [0.5, 0.6) is 0 Å². The zero-order chi connectivity index (χ0) is 14.4. The Labute approximate surface area is 122 Å². The second kappa shape index (κ2) is 7.62. The first-order valence-corrected chi connectivity index (χ1v) is 7.01. The van der Waals surface area contributed by atoms with E-state index in [4.69, 9.17) is 9.84 Å². The van der Waals surface area contributed by atoms with Crippen molar-refractivity contribution in [1.29, 1.82) is 0 Å². The fourth-order valence-corrected chi connectivity index (χ4v) is 2.13. The Morgan fingerprint density at radius 1 is 1.47 bits per heavy atom. The summed E-state index contributed by atoms with van der Waals surface area (Å²) in [6.45, 7) is 6.31. The zero-order valence-electron chi connectivity index (χ0n) is 11.5. The molecule has 1 rings (SSSR count). The average molecular weight is 330 g/mol. The van der Waals surface area contributed by atoms with E-state index in [1.165, 1.54) is 0 Å². The summed E-state index contributed by atoms with van der Waals surface area (Å²) in [6, 6.07) is 5.10. The van der Waals surface area contributed by atoms with Gasteiger partial charge in [-0.05, 0) is 38.6 Å². The van der Waals surface area contributed by atoms with Crippen molar-refractivity contribution in [2.45, 2.75) is 26.5 Å². The Bertz CT molecular complexity index is 435. The number of carbonyl (C=O) groups is 1. The number of likely N-dealkylation sites (N-methyl/N-ethyl adjacent to an activating group) is 1. The summed E-state index contributed by atoms with van der Waals surface area (Å²) in [5, 5.41) is 8.90. The molecule has 0 aliphatic rings. The van der Waals surface area contributed by atoms with Gasteiger partial charge in [-0.15, -0.1) is 0 Å². The highest BCUT2D eigenvalue weighted by atomic mass is 79.9. The summed E-state index contributed by atoms with van der Waals surface area (Å²) in [5.41, 5.74) is 1.36. The molecular formula is C14H20BrNO3. The van der Waals surface area contributed by atoms with Crippen molar-refractivity contribution in [2.75, 3.05) is 20.2 Å². The van der Waals surface area contributed by atoms with Crippen LogP contribution in [0, 0.1) is 0 Å². The highest BCUT2D eigenvalue weighted by molar-refractivity contribution is 9.10. The first-order chi connectivity index (χ1) is 8.90. The number of carboxylic acids is 1. The molecule has 106 valence electrons. The first-order valence-electron chi connectivity index (χ1n) is 6.22. The van der Waals surface area contributed by atoms with Crippen LogP contribution in [-0.4, -0.2) is 42.3 Å². The number of aromatic carboxylic acids is 1. The number of hydrogen-bond donors (Lipinski definition) is 1. The number of ether oxygens (including phenoxy) is 1. The molecule has 1 N–H and O–H groups in total. The summed E-state index contributed by atoms with van der Waals surface area (Å²) < 4.78 is 6.32. The normalized spacial score (nSPS) is 11.3. The van der Waals surface area contributed by atoms with Crippen LogP contribution in [0.3, 0.4) is 0 Å². The Kier molecular flexibility index (Phi) is 6.48. The molecule has 1 aromatic rings. The van der Waals surface area contributed by atoms with Crippen molar-refractivity contribution in [3.8, 4) is 0 Å². The lowest BCUT2D eigenvalue weighted by molar-refractivity contribution is 0.0627. The van der Waals surface area contributed by atoms with Gasteiger partial charge < -0.3 is 9.84 Å². The van der Waals surface area contributed by atoms with Gasteiger partial charge in [-0.1, -0.05) is 22.0 Å². The van der Waals surface area contributed by atoms with Crippen LogP contribution in [0.25, 0.3) is 0 Å². The summed E-state index contributed by atoms with van der Waals surface area (Å²) in [6.07, 6.45) is 0.245. The molecular weight excluding hydrogens is 310 g/mol. The van der Waals surface area contributed by atoms with Gasteiger partial charge in [0.05, 0.1) is 18.3 Å². The summed E-state index contributed by atoms with van der Waals surface area (Å²) in [4.78, 5) is 13.0. The fourth-order valence-electron chi connectivity index (χ4n) is 1.62. The molecule has 19 heavy (non-hydrogen) atoms. The van der Waals surface area contributed by atoms with Crippen molar-refractivity contribution in [1.82, 2.24) is 4.90 Å². The van der Waals surface area contributed by atoms with E-state index in [1.54, 1.807) is 12.1 Å². The number of nitrogens with zero attached hydrogens (tertiary/aromatic N) is 1. The number of carboxylic acid groups (broad SMARTS) is 1. The van der Waals surface area contributed by atoms with Crippen molar-refractivity contribution in [3.05, 3.63) is 33.8 Å². The molecule has 0 aliphatic heterocycles. The van der Waals surface area contributed by atoms with Gasteiger partial charge in [0.1, 0.15) is 0 Å². The first kappa shape index (κ1) is 16.1. The lowest BCUT2D eigenvalue weighted by Crippen LogP contribution is -2.24. The molecule has 0 bridgehead atoms. The predicted molar refractivity (Wildman–Crippen MR) is 78.5 cm³/mol. The van der Waals surface area contributed by atoms with E-state index in [0.717, 1.165) is 23.1 Å². The van der Waals surface area contributed by atoms with E-state index in [9.17, 15) is 4.79 Å². The van der Waals surface area contributed by atoms with Crippen LogP contribution in [0.4, 0.5) is 0 Å². The highest BCUT2D eigenvalue weighted by Crippen LogP contribution is 2.20. The highest BCUT2D eigenvalue weighted by Gasteiger charge is 2.08. The second-order valence-corrected chi connectivity index (χ2v) is 5.62. The smallest absolute Gasteiger partial charge is 0.335 e. The van der Waals surface area contributed by atoms with Crippen LogP contribution in [0.1, 0.15) is 29.8 Å². The van der Waals surface area contributed by atoms with Gasteiger partial charge in [0.25, 0.3) is 0 Å². The maximum Gasteiger partial charge on any atom is 0.335 e. The van der Waals surface area contributed by atoms with Crippen molar-refractivity contribution in [2.24, 2.45) is 0 Å². The van der Waals surface area contributed by atoms with E-state index in [-0.39, 0.29) is 6.10 Å². The van der Waals surface area contributed by atoms with Crippen LogP contribution in [-0.2, 0) is 11.3 Å². The quantitative estimate of drug-likeness (QED) is 0.835. The summed E-state index contributed by atoms with van der Waals surface area (Å²) >= 11 is 3.41. The Hall–Kier alpha value is -0.910. The van der Waals surface area contributed by atoms with E-state index in [0.29, 0.717) is 12.2 Å². The second-order valence-electron chi connectivity index (χ2n) is 4.77. The minimum atomic E-state index is -0.911. The van der Waals surface area contributed by atoms with Gasteiger partial charge in [0.2, 0.25) is 0 Å². The van der Waals surface area contributed by atoms with Crippen molar-refractivity contribution < 1.29 is 14.6 Å². The molecule has 0 radical (unpaired) electrons. The number of benzene rings is 1. The predicted octanol–water partition coefficient (Wildman–Crippen LogP) is 3.00. The fraction of sp³-hybridized carbons (Fsp3) is 0.500. The molecule has 0 aromatic heterocycles. The molecule has 1 aromatic carbocycles. The van der Waals surface area contributed by atoms with Gasteiger partial charge in [0, 0.05) is 17.6 Å². The Morgan fingerprint density at radius 2 is 2.16 bits per heavy atom. The molecule has 5 heteroatoms. The van der Waals surface area contributed by atoms with Crippen LogP contribution < -0.4 is 0 Å². The van der Waals surface area contributed by atoms with Gasteiger partial charge in [-0.3, -0.25) is 4.90 Å². The van der Waals surface area contributed by atoms with E-state index < -0.39 is 5.97 Å². The lowest BCUT2D eigenvalue weighted by atomic mass is 10.1. The minimum Gasteiger partial charge on any atom is -0.478 e. The van der Waals surface area contributed by atoms with Crippen molar-refractivity contribution in [3.63, 3.8) is 0 Å². The molecule has 0 spiro atoms. The maximum absolute atomic E-state index is 10.8. The minimum absolute atomic E-state index is 0.245. The summed E-state index contributed by atoms with van der Waals surface area (Å²) in [5.74, 6) is -0.911. The summed E-state index contributed by atoms with van der Waals surface area (Å²) in [7, 11) is 2.02. The number of rotatable bonds is 7. The van der Waals surface area contributed by atoms with Crippen LogP contribution >= 0.6 is 15.9 Å². The van der Waals surface area contributed by atoms with Gasteiger partial charge in [0.15, 0.2) is 0 Å². The van der Waals surface area contributed by atoms with Gasteiger partial charge in [-0.2, -0.15) is 0 Å². The van der Waals surface area contributed by atoms with Gasteiger partial charge >= 0.3 is 5.97 Å². The Balaban J connectivity index is 2.54. The molecule has 0 amide bonds. The van der Waals surface area contributed by atoms with E-state index in [1.807, 2.05) is 27.0 Å². The largest absolute Gasteiger partial charge is 0.478 e. The molecule has 4 nitrogen and oxygen atoms in total. The molecule has 0 heterocycles. The molecule has 0 unspecified atom stereocenters. The van der Waals surface area contributed by atoms with Gasteiger partial charge in [-0.25, -0.2) is 4.79 Å². The third kappa shape index (κ3) is 5.72. The molecule has 0 atom stereocenters. The number of halogens is 1. The molecule has 0 saturated carbocycles. The standard InChI is InChI=1S/C14H20BrNO3/c1-10(2)19-7-6-16(3)9-12-5-4-11(14(17)18)8-13(12)15/h4-5,8,10H,6-7,9H2,1-3H3,(H,17,18). The maximum atomic E-state index is 10.8. The lowest BCUT2D eigenvalue weighted by Gasteiger charge is -2.18. The monoisotopic (exact) mass is 329 g/mol. The van der Waals surface area contributed by atoms with Crippen LogP contribution in [0.2, 0.25) is 0 Å². The average Bonchev–Trinajstić information content (AvgIpc) is 2.31. The third-order valence-corrected chi connectivity index (χ3v) is 3.40. The van der Waals surface area contributed by atoms with E-state index in [2.05, 4.69) is 20.8 Å². The Morgan fingerprint density at radius 3 is 2.68 bits per heavy atom. The molecule has 0 saturated heterocycles. The zero-order valence-corrected chi connectivity index (χ0v) is 13.1.